The highest BCUT2D eigenvalue weighted by Crippen LogP contribution is 2.28. The number of nitrogen functional groups attached to an aromatic ring is 1. The second-order valence-corrected chi connectivity index (χ2v) is 5.26. The van der Waals surface area contributed by atoms with E-state index in [0.717, 1.165) is 5.56 Å². The molecular weight excluding hydrogens is 330 g/mol. The van der Waals surface area contributed by atoms with Crippen LogP contribution >= 0.6 is 11.6 Å². The lowest BCUT2D eigenvalue weighted by atomic mass is 10.3. The van der Waals surface area contributed by atoms with Gasteiger partial charge in [0.15, 0.2) is 11.5 Å². The molecule has 3 aromatic heterocycles. The second-order valence-electron chi connectivity index (χ2n) is 4.85. The van der Waals surface area contributed by atoms with Crippen LogP contribution in [0.5, 0.6) is 0 Å². The molecule has 24 heavy (non-hydrogen) atoms. The molecule has 118 valence electrons. The van der Waals surface area contributed by atoms with Crippen LogP contribution in [-0.4, -0.2) is 30.1 Å². The van der Waals surface area contributed by atoms with Gasteiger partial charge in [-0.05, 0) is 24.3 Å². The van der Waals surface area contributed by atoms with Crippen LogP contribution in [0.15, 0.2) is 53.3 Å². The Kier molecular flexibility index (Phi) is 3.43. The van der Waals surface area contributed by atoms with Crippen molar-refractivity contribution < 1.29 is 4.52 Å². The van der Waals surface area contributed by atoms with E-state index in [0.29, 0.717) is 16.5 Å². The maximum Gasteiger partial charge on any atom is 0.282 e. The summed E-state index contributed by atoms with van der Waals surface area (Å²) < 4.78 is 6.67. The van der Waals surface area contributed by atoms with Crippen molar-refractivity contribution >= 4 is 17.4 Å². The molecular formula is C15H10ClN7O. The molecule has 0 aliphatic carbocycles. The van der Waals surface area contributed by atoms with Gasteiger partial charge in [0.1, 0.15) is 0 Å². The van der Waals surface area contributed by atoms with Crippen LogP contribution in [0.25, 0.3) is 28.7 Å². The number of anilines is 1. The fourth-order valence-electron chi connectivity index (χ4n) is 2.17. The molecule has 0 aliphatic heterocycles. The maximum absolute atomic E-state index is 6.17. The first kappa shape index (κ1) is 14.3. The Bertz CT molecular complexity index is 996. The Balaban J connectivity index is 1.74. The monoisotopic (exact) mass is 339 g/mol. The highest BCUT2D eigenvalue weighted by atomic mass is 35.5. The first-order chi connectivity index (χ1) is 11.7. The van der Waals surface area contributed by atoms with E-state index in [2.05, 4.69) is 25.4 Å². The number of hydrogen-bond acceptors (Lipinski definition) is 7. The van der Waals surface area contributed by atoms with E-state index < -0.39 is 0 Å². The number of aromatic nitrogens is 6. The van der Waals surface area contributed by atoms with Crippen LogP contribution in [0.1, 0.15) is 0 Å². The van der Waals surface area contributed by atoms with Gasteiger partial charge in [-0.2, -0.15) is 9.67 Å². The summed E-state index contributed by atoms with van der Waals surface area (Å²) in [6, 6.07) is 10.8. The number of halogens is 1. The molecule has 2 N–H and O–H groups in total. The summed E-state index contributed by atoms with van der Waals surface area (Å²) >= 11 is 6.17. The van der Waals surface area contributed by atoms with Crippen molar-refractivity contribution in [1.82, 2.24) is 30.1 Å². The topological polar surface area (TPSA) is 109 Å². The minimum Gasteiger partial charge on any atom is -0.382 e. The third-order valence-corrected chi connectivity index (χ3v) is 3.65. The lowest BCUT2D eigenvalue weighted by Crippen LogP contribution is -2.02. The lowest BCUT2D eigenvalue weighted by Gasteiger charge is -2.04. The number of pyridine rings is 1. The van der Waals surface area contributed by atoms with Gasteiger partial charge in [0.05, 0.1) is 10.7 Å². The van der Waals surface area contributed by atoms with Crippen LogP contribution < -0.4 is 5.73 Å². The summed E-state index contributed by atoms with van der Waals surface area (Å²) in [6.07, 6.45) is 3.30. The maximum atomic E-state index is 6.17. The Morgan fingerprint density at radius 1 is 1.12 bits per heavy atom. The van der Waals surface area contributed by atoms with E-state index in [1.807, 2.05) is 18.2 Å². The summed E-state index contributed by atoms with van der Waals surface area (Å²) in [5.74, 6) is 0.818. The summed E-state index contributed by atoms with van der Waals surface area (Å²) in [5, 5.41) is 12.5. The number of nitrogens with zero attached hydrogens (tertiary/aromatic N) is 6. The third kappa shape index (κ3) is 2.38. The molecule has 0 saturated carbocycles. The predicted molar refractivity (Wildman–Crippen MR) is 87.3 cm³/mol. The first-order valence-corrected chi connectivity index (χ1v) is 7.32. The normalized spacial score (nSPS) is 10.9. The van der Waals surface area contributed by atoms with Crippen LogP contribution in [0.2, 0.25) is 5.02 Å². The highest BCUT2D eigenvalue weighted by molar-refractivity contribution is 6.32. The third-order valence-electron chi connectivity index (χ3n) is 3.33. The van der Waals surface area contributed by atoms with Crippen molar-refractivity contribution in [1.29, 1.82) is 0 Å². The molecule has 0 spiro atoms. The Labute approximate surface area is 140 Å². The van der Waals surface area contributed by atoms with Gasteiger partial charge in [0.2, 0.25) is 5.82 Å². The van der Waals surface area contributed by atoms with Crippen LogP contribution in [0, 0.1) is 0 Å². The highest BCUT2D eigenvalue weighted by Gasteiger charge is 2.20. The summed E-state index contributed by atoms with van der Waals surface area (Å²) in [4.78, 5) is 8.32. The van der Waals surface area contributed by atoms with Crippen LogP contribution in [0.4, 0.5) is 5.82 Å². The minimum absolute atomic E-state index is 0.171. The molecule has 0 saturated heterocycles. The largest absolute Gasteiger partial charge is 0.382 e. The van der Waals surface area contributed by atoms with E-state index in [1.165, 1.54) is 4.68 Å². The molecule has 0 atom stereocenters. The average Bonchev–Trinajstić information content (AvgIpc) is 3.23. The van der Waals surface area contributed by atoms with Gasteiger partial charge in [-0.15, -0.1) is 5.10 Å². The van der Waals surface area contributed by atoms with Gasteiger partial charge in [-0.3, -0.25) is 4.98 Å². The smallest absolute Gasteiger partial charge is 0.282 e. The molecule has 0 radical (unpaired) electrons. The van der Waals surface area contributed by atoms with Gasteiger partial charge in [0, 0.05) is 18.0 Å². The quantitative estimate of drug-likeness (QED) is 0.611. The van der Waals surface area contributed by atoms with Gasteiger partial charge in [-0.25, -0.2) is 0 Å². The van der Waals surface area contributed by atoms with Crippen LogP contribution in [0.3, 0.4) is 0 Å². The predicted octanol–water partition coefficient (Wildman–Crippen LogP) is 2.61. The van der Waals surface area contributed by atoms with E-state index in [1.54, 1.807) is 30.6 Å². The number of nitrogens with two attached hydrogens (primary N) is 1. The van der Waals surface area contributed by atoms with E-state index in [9.17, 15) is 0 Å². The van der Waals surface area contributed by atoms with Crippen molar-refractivity contribution in [2.24, 2.45) is 0 Å². The zero-order valence-electron chi connectivity index (χ0n) is 12.2. The minimum atomic E-state index is 0.171. The molecule has 0 amide bonds. The molecule has 4 rings (SSSR count). The van der Waals surface area contributed by atoms with Crippen molar-refractivity contribution in [3.05, 3.63) is 53.8 Å². The van der Waals surface area contributed by atoms with Gasteiger partial charge >= 0.3 is 0 Å². The zero-order valence-corrected chi connectivity index (χ0v) is 12.9. The molecule has 3 heterocycles. The van der Waals surface area contributed by atoms with Crippen molar-refractivity contribution in [3.8, 4) is 28.7 Å². The second kappa shape index (κ2) is 5.74. The molecule has 0 unspecified atom stereocenters. The van der Waals surface area contributed by atoms with E-state index in [-0.39, 0.29) is 17.4 Å². The summed E-state index contributed by atoms with van der Waals surface area (Å²) in [5.41, 5.74) is 7.75. The molecule has 1 aromatic carbocycles. The van der Waals surface area contributed by atoms with Gasteiger partial charge in [-0.1, -0.05) is 34.1 Å². The standard InChI is InChI=1S/C15H10ClN7O/c16-10-5-1-2-6-11(10)23-13(17)12(20-22-23)15-19-14(21-24-15)9-4-3-7-18-8-9/h1-8H,17H2. The van der Waals surface area contributed by atoms with E-state index >= 15 is 0 Å². The van der Waals surface area contributed by atoms with Crippen molar-refractivity contribution in [3.63, 3.8) is 0 Å². The Morgan fingerprint density at radius 3 is 2.79 bits per heavy atom. The summed E-state index contributed by atoms with van der Waals surface area (Å²) in [6.45, 7) is 0. The molecule has 9 heteroatoms. The van der Waals surface area contributed by atoms with Crippen molar-refractivity contribution in [2.75, 3.05) is 5.73 Å². The molecule has 0 aliphatic rings. The fraction of sp³-hybridized carbons (Fsp3) is 0. The molecule has 8 nitrogen and oxygen atoms in total. The molecule has 4 aromatic rings. The van der Waals surface area contributed by atoms with Crippen LogP contribution in [-0.2, 0) is 0 Å². The first-order valence-electron chi connectivity index (χ1n) is 6.94. The van der Waals surface area contributed by atoms with Crippen molar-refractivity contribution in [2.45, 2.75) is 0 Å². The average molecular weight is 340 g/mol. The molecule has 0 fully saturated rings. The van der Waals surface area contributed by atoms with Gasteiger partial charge in [0.25, 0.3) is 5.89 Å². The number of rotatable bonds is 3. The van der Waals surface area contributed by atoms with Gasteiger partial charge < -0.3 is 10.3 Å². The summed E-state index contributed by atoms with van der Waals surface area (Å²) in [7, 11) is 0. The fourth-order valence-corrected chi connectivity index (χ4v) is 2.39. The Hall–Kier alpha value is -3.26. The number of para-hydroxylation sites is 1. The zero-order chi connectivity index (χ0) is 16.5. The SMILES string of the molecule is Nc1c(-c2nc(-c3cccnc3)no2)nnn1-c1ccccc1Cl. The number of benzene rings is 1. The number of hydrogen-bond donors (Lipinski definition) is 1. The van der Waals surface area contributed by atoms with E-state index in [4.69, 9.17) is 21.9 Å². The lowest BCUT2D eigenvalue weighted by molar-refractivity contribution is 0.431. The molecule has 0 bridgehead atoms. The Morgan fingerprint density at radius 2 is 2.00 bits per heavy atom.